The number of aliphatic hydroxyl groups excluding tert-OH is 1. The molecule has 6 N–H and O–H groups in total. The van der Waals surface area contributed by atoms with Crippen LogP contribution < -0.4 is 26.4 Å². The predicted molar refractivity (Wildman–Crippen MR) is 282 cm³/mol. The van der Waals surface area contributed by atoms with E-state index < -0.39 is 28.6 Å². The molecule has 0 saturated heterocycles. The maximum atomic E-state index is 13.5. The first-order valence-electron chi connectivity index (χ1n) is 25.3. The summed E-state index contributed by atoms with van der Waals surface area (Å²) in [6, 6.07) is 14.4. The summed E-state index contributed by atoms with van der Waals surface area (Å²) in [7, 11) is 1.67. The summed E-state index contributed by atoms with van der Waals surface area (Å²) in [4.78, 5) is 52.6. The van der Waals surface area contributed by atoms with Crippen molar-refractivity contribution in [2.24, 2.45) is 40.4 Å². The molecule has 0 radical (unpaired) electrons. The zero-order valence-electron chi connectivity index (χ0n) is 46.2. The first-order valence-corrected chi connectivity index (χ1v) is 25.3. The summed E-state index contributed by atoms with van der Waals surface area (Å²) in [5, 5.41) is 18.3. The maximum Gasteiger partial charge on any atom is 0.338 e. The first kappa shape index (κ1) is 69.4. The fourth-order valence-electron chi connectivity index (χ4n) is 6.86. The molecule has 12 nitrogen and oxygen atoms in total. The zero-order valence-corrected chi connectivity index (χ0v) is 46.2. The highest BCUT2D eigenvalue weighted by Gasteiger charge is 2.42. The average molecular weight is 947 g/mol. The Labute approximate surface area is 410 Å². The highest BCUT2D eigenvalue weighted by Crippen LogP contribution is 2.43. The topological polar surface area (TPSA) is 178 Å². The summed E-state index contributed by atoms with van der Waals surface area (Å²) in [6.07, 6.45) is 3.85. The number of anilines is 1. The minimum atomic E-state index is -0.494. The highest BCUT2D eigenvalue weighted by molar-refractivity contribution is 5.89. The van der Waals surface area contributed by atoms with Crippen LogP contribution in [0.2, 0.25) is 0 Å². The molecule has 2 rings (SSSR count). The number of aryl methyl sites for hydroxylation is 1. The van der Waals surface area contributed by atoms with Crippen LogP contribution in [0.15, 0.2) is 48.5 Å². The van der Waals surface area contributed by atoms with Gasteiger partial charge in [0.25, 0.3) is 0 Å². The number of methoxy groups -OCH3 is 1. The Morgan fingerprint density at radius 1 is 0.701 bits per heavy atom. The Hall–Kier alpha value is -4.16. The van der Waals surface area contributed by atoms with E-state index in [1.54, 1.807) is 31.4 Å². The number of ether oxygens (including phenoxy) is 3. The molecule has 12 heteroatoms. The molecule has 0 aliphatic heterocycles. The number of nitrogens with one attached hydrogen (secondary N) is 3. The Morgan fingerprint density at radius 2 is 1.22 bits per heavy atom. The Bertz CT molecular complexity index is 1520. The molecule has 0 saturated carbocycles. The third-order valence-corrected chi connectivity index (χ3v) is 10.9. The highest BCUT2D eigenvalue weighted by atomic mass is 16.5. The van der Waals surface area contributed by atoms with Crippen LogP contribution in [-0.4, -0.2) is 81.5 Å². The lowest BCUT2D eigenvalue weighted by Crippen LogP contribution is -2.46. The number of benzene rings is 2. The molecular formula is C55H102N4O8. The van der Waals surface area contributed by atoms with Crippen LogP contribution in [0, 0.1) is 47.3 Å². The van der Waals surface area contributed by atoms with Crippen molar-refractivity contribution < 1.29 is 38.5 Å². The van der Waals surface area contributed by atoms with E-state index in [2.05, 4.69) is 64.4 Å². The van der Waals surface area contributed by atoms with Gasteiger partial charge in [0.2, 0.25) is 17.7 Å². The Kier molecular flexibility index (Phi) is 42.3. The molecule has 0 bridgehead atoms. The third-order valence-electron chi connectivity index (χ3n) is 10.9. The van der Waals surface area contributed by atoms with Crippen molar-refractivity contribution >= 4 is 29.4 Å². The molecule has 5 atom stereocenters. The molecule has 2 aromatic carbocycles. The van der Waals surface area contributed by atoms with Crippen molar-refractivity contribution in [2.75, 3.05) is 52.4 Å². The second-order valence-electron chi connectivity index (χ2n) is 18.1. The van der Waals surface area contributed by atoms with Crippen molar-refractivity contribution in [3.63, 3.8) is 0 Å². The second kappa shape index (κ2) is 40.9. The SMILES string of the molecule is CC.CC.CC.CCC.CCCC(C(=O)NC(C)C)C(C)(C)C(C)CC(C(=O)NCCO)C(C)CC(C(=O)NCCOC(=O)c1ccc(N)cc1)C(C)(C)C.COCCOc1ccc(C)cc1. The number of hydrogen-bond acceptors (Lipinski definition) is 9. The van der Waals surface area contributed by atoms with E-state index in [0.717, 1.165) is 18.6 Å². The lowest BCUT2D eigenvalue weighted by molar-refractivity contribution is -0.134. The largest absolute Gasteiger partial charge is 0.491 e. The molecule has 0 aromatic heterocycles. The van der Waals surface area contributed by atoms with Crippen molar-refractivity contribution in [1.82, 2.24) is 16.0 Å². The summed E-state index contributed by atoms with van der Waals surface area (Å²) in [6.45, 7) is 40.0. The smallest absolute Gasteiger partial charge is 0.338 e. The Morgan fingerprint density at radius 3 is 1.69 bits per heavy atom. The molecule has 0 aliphatic carbocycles. The Balaban J connectivity index is -0.000000783. The third kappa shape index (κ3) is 30.8. The van der Waals surface area contributed by atoms with E-state index in [9.17, 15) is 24.3 Å². The van der Waals surface area contributed by atoms with Gasteiger partial charge in [0.1, 0.15) is 19.0 Å². The zero-order chi connectivity index (χ0) is 52.8. The molecule has 67 heavy (non-hydrogen) atoms. The van der Waals surface area contributed by atoms with Gasteiger partial charge < -0.3 is 41.0 Å². The van der Waals surface area contributed by atoms with E-state index in [4.69, 9.17) is 19.9 Å². The number of nitrogens with two attached hydrogens (primary N) is 1. The maximum absolute atomic E-state index is 13.5. The number of esters is 1. The van der Waals surface area contributed by atoms with Crippen molar-refractivity contribution in [3.8, 4) is 5.75 Å². The standard InChI is InChI=1S/C36H62N4O6.C10H14O2.C3H8.3C2H6/c1-11-12-29(33(44)40-23(2)3)36(9,10)25(5)22-28(31(42)38-17-19-41)24(4)21-30(35(6,7)8)32(43)39-18-20-46-34(45)26-13-15-27(37)16-14-26;1-9-3-5-10(6-4-9)12-8-7-11-2;1-3-2;3*1-2/h13-16,23-25,28-30,41H,11-12,17-22,37H2,1-10H3,(H,38,42)(H,39,43)(H,40,44);3-6H,7-8H2,1-2H3;3H2,1-2H3;3*1-2H3. The molecule has 2 aromatic rings. The number of amides is 3. The molecule has 5 unspecified atom stereocenters. The van der Waals surface area contributed by atoms with Crippen molar-refractivity contribution in [3.05, 3.63) is 59.7 Å². The number of aliphatic hydroxyl groups is 1. The summed E-state index contributed by atoms with van der Waals surface area (Å²) in [5.41, 5.74) is 7.05. The van der Waals surface area contributed by atoms with E-state index in [1.807, 2.05) is 107 Å². The van der Waals surface area contributed by atoms with Crippen LogP contribution in [0.25, 0.3) is 0 Å². The van der Waals surface area contributed by atoms with E-state index in [-0.39, 0.29) is 67.8 Å². The normalized spacial score (nSPS) is 12.8. The van der Waals surface area contributed by atoms with Gasteiger partial charge in [-0.2, -0.15) is 0 Å². The van der Waals surface area contributed by atoms with Gasteiger partial charge in [-0.1, -0.05) is 141 Å². The monoisotopic (exact) mass is 947 g/mol. The van der Waals surface area contributed by atoms with Gasteiger partial charge in [0.05, 0.1) is 25.3 Å². The van der Waals surface area contributed by atoms with Gasteiger partial charge in [-0.05, 0) is 99.1 Å². The number of carbonyl (C=O) groups is 4. The first-order chi connectivity index (χ1) is 31.6. The molecule has 0 fully saturated rings. The lowest BCUT2D eigenvalue weighted by atomic mass is 9.64. The predicted octanol–water partition coefficient (Wildman–Crippen LogP) is 11.5. The van der Waals surface area contributed by atoms with Gasteiger partial charge in [0.15, 0.2) is 0 Å². The fourth-order valence-corrected chi connectivity index (χ4v) is 6.86. The van der Waals surface area contributed by atoms with Gasteiger partial charge in [-0.25, -0.2) is 4.79 Å². The van der Waals surface area contributed by atoms with Crippen LogP contribution in [0.1, 0.15) is 173 Å². The van der Waals surface area contributed by atoms with Crippen LogP contribution in [0.4, 0.5) is 5.69 Å². The summed E-state index contributed by atoms with van der Waals surface area (Å²) < 4.78 is 15.6. The summed E-state index contributed by atoms with van der Waals surface area (Å²) in [5.74, 6) is -1.13. The van der Waals surface area contributed by atoms with E-state index in [0.29, 0.717) is 37.3 Å². The molecule has 0 heterocycles. The van der Waals surface area contributed by atoms with Crippen LogP contribution in [0.3, 0.4) is 0 Å². The van der Waals surface area contributed by atoms with E-state index in [1.165, 1.54) is 12.0 Å². The number of carbonyl (C=O) groups excluding carboxylic acids is 4. The van der Waals surface area contributed by atoms with Crippen molar-refractivity contribution in [1.29, 1.82) is 0 Å². The number of hydrogen-bond donors (Lipinski definition) is 5. The average Bonchev–Trinajstić information content (AvgIpc) is 3.29. The lowest BCUT2D eigenvalue weighted by Gasteiger charge is -2.41. The minimum Gasteiger partial charge on any atom is -0.491 e. The number of rotatable bonds is 23. The molecular weight excluding hydrogens is 845 g/mol. The number of nitrogen functional groups attached to an aromatic ring is 1. The molecule has 390 valence electrons. The molecule has 0 spiro atoms. The van der Waals surface area contributed by atoms with Gasteiger partial charge in [-0.3, -0.25) is 14.4 Å². The fraction of sp³-hybridized carbons (Fsp3) is 0.709. The summed E-state index contributed by atoms with van der Waals surface area (Å²) >= 11 is 0. The van der Waals surface area contributed by atoms with Crippen molar-refractivity contribution in [2.45, 2.75) is 170 Å². The van der Waals surface area contributed by atoms with Crippen LogP contribution >= 0.6 is 0 Å². The second-order valence-corrected chi connectivity index (χ2v) is 18.1. The van der Waals surface area contributed by atoms with Gasteiger partial charge in [0, 0.05) is 43.1 Å². The molecule has 0 aliphatic rings. The quantitative estimate of drug-likeness (QED) is 0.0412. The van der Waals surface area contributed by atoms with Gasteiger partial charge >= 0.3 is 5.97 Å². The van der Waals surface area contributed by atoms with Crippen LogP contribution in [-0.2, 0) is 23.9 Å². The minimum absolute atomic E-state index is 0.00643. The molecule has 3 amide bonds. The van der Waals surface area contributed by atoms with Gasteiger partial charge in [-0.15, -0.1) is 0 Å². The van der Waals surface area contributed by atoms with E-state index >= 15 is 0 Å². The van der Waals surface area contributed by atoms with Crippen LogP contribution in [0.5, 0.6) is 5.75 Å².